The van der Waals surface area contributed by atoms with E-state index in [1.54, 1.807) is 31.4 Å². The molecule has 2 aromatic rings. The summed E-state index contributed by atoms with van der Waals surface area (Å²) in [4.78, 5) is 38.3. The highest BCUT2D eigenvalue weighted by molar-refractivity contribution is 7.20. The Hall–Kier alpha value is -2.02. The minimum Gasteiger partial charge on any atom is -0.344 e. The highest BCUT2D eigenvalue weighted by Crippen LogP contribution is 2.38. The monoisotopic (exact) mass is 332 g/mol. The molecule has 1 aliphatic heterocycles. The maximum atomic E-state index is 12.6. The van der Waals surface area contributed by atoms with Crippen LogP contribution in [0.2, 0.25) is 0 Å². The number of fused-ring (bicyclic) bond motifs is 1. The van der Waals surface area contributed by atoms with E-state index in [1.165, 1.54) is 11.3 Å². The molecule has 7 heteroatoms. The Kier molecular flexibility index (Phi) is 4.30. The van der Waals surface area contributed by atoms with Crippen molar-refractivity contribution < 1.29 is 9.59 Å². The number of hydrogen-bond donors (Lipinski definition) is 0. The number of carbonyl (C=O) groups excluding carboxylic acids is 2. The van der Waals surface area contributed by atoms with Crippen molar-refractivity contribution >= 4 is 33.5 Å². The van der Waals surface area contributed by atoms with Gasteiger partial charge in [-0.2, -0.15) is 0 Å². The lowest BCUT2D eigenvalue weighted by atomic mass is 9.97. The molecule has 0 aromatic carbocycles. The van der Waals surface area contributed by atoms with Crippen LogP contribution in [0.1, 0.15) is 40.9 Å². The molecule has 23 heavy (non-hydrogen) atoms. The van der Waals surface area contributed by atoms with Gasteiger partial charge >= 0.3 is 0 Å². The normalized spacial score (nSPS) is 17.7. The second-order valence-corrected chi connectivity index (χ2v) is 6.93. The van der Waals surface area contributed by atoms with Crippen LogP contribution in [0.25, 0.3) is 10.3 Å². The summed E-state index contributed by atoms with van der Waals surface area (Å²) >= 11 is 1.39. The summed E-state index contributed by atoms with van der Waals surface area (Å²) in [5.41, 5.74) is 1.77. The average Bonchev–Trinajstić information content (AvgIpc) is 3.17. The van der Waals surface area contributed by atoms with E-state index in [2.05, 4.69) is 9.97 Å². The van der Waals surface area contributed by atoms with E-state index in [-0.39, 0.29) is 17.7 Å². The van der Waals surface area contributed by atoms with Crippen LogP contribution in [0.5, 0.6) is 0 Å². The molecule has 0 bridgehead atoms. The predicted molar refractivity (Wildman–Crippen MR) is 89.7 cm³/mol. The number of thiophene rings is 1. The number of carbonyl (C=O) groups is 2. The smallest absolute Gasteiger partial charge is 0.263 e. The summed E-state index contributed by atoms with van der Waals surface area (Å²) in [7, 11) is 3.50. The summed E-state index contributed by atoms with van der Waals surface area (Å²) in [6, 6.07) is 0. The molecule has 1 fully saturated rings. The maximum absolute atomic E-state index is 12.6. The van der Waals surface area contributed by atoms with Crippen molar-refractivity contribution in [3.05, 3.63) is 22.8 Å². The predicted octanol–water partition coefficient (Wildman–Crippen LogP) is 2.12. The molecule has 1 unspecified atom stereocenters. The summed E-state index contributed by atoms with van der Waals surface area (Å²) in [6.45, 7) is 3.27. The molecule has 2 amide bonds. The van der Waals surface area contributed by atoms with Gasteiger partial charge in [-0.15, -0.1) is 11.3 Å². The fourth-order valence-corrected chi connectivity index (χ4v) is 4.24. The lowest BCUT2D eigenvalue weighted by Gasteiger charge is -2.17. The van der Waals surface area contributed by atoms with E-state index in [4.69, 9.17) is 0 Å². The number of likely N-dealkylation sites (tertiary alicyclic amines) is 1. The molecule has 6 nitrogen and oxygen atoms in total. The quantitative estimate of drug-likeness (QED) is 0.863. The van der Waals surface area contributed by atoms with Crippen molar-refractivity contribution in [2.45, 2.75) is 25.7 Å². The molecule has 3 heterocycles. The minimum absolute atomic E-state index is 0.0231. The van der Waals surface area contributed by atoms with Gasteiger partial charge in [0.2, 0.25) is 5.91 Å². The zero-order valence-electron chi connectivity index (χ0n) is 13.6. The van der Waals surface area contributed by atoms with Crippen molar-refractivity contribution in [1.29, 1.82) is 0 Å². The summed E-state index contributed by atoms with van der Waals surface area (Å²) < 4.78 is 0. The van der Waals surface area contributed by atoms with Gasteiger partial charge in [0, 0.05) is 57.5 Å². The largest absolute Gasteiger partial charge is 0.344 e. The third kappa shape index (κ3) is 2.81. The Morgan fingerprint density at radius 2 is 2.09 bits per heavy atom. The van der Waals surface area contributed by atoms with Gasteiger partial charge in [-0.25, -0.2) is 4.98 Å². The van der Waals surface area contributed by atoms with Crippen molar-refractivity contribution in [3.8, 4) is 0 Å². The van der Waals surface area contributed by atoms with Crippen molar-refractivity contribution in [3.63, 3.8) is 0 Å². The van der Waals surface area contributed by atoms with Gasteiger partial charge in [0.1, 0.15) is 10.3 Å². The van der Waals surface area contributed by atoms with Gasteiger partial charge in [0.15, 0.2) is 0 Å². The van der Waals surface area contributed by atoms with Crippen LogP contribution in [0.15, 0.2) is 12.4 Å². The Labute approximate surface area is 139 Å². The molecule has 0 radical (unpaired) electrons. The second-order valence-electron chi connectivity index (χ2n) is 5.93. The lowest BCUT2D eigenvalue weighted by molar-refractivity contribution is -0.129. The van der Waals surface area contributed by atoms with Gasteiger partial charge < -0.3 is 9.80 Å². The molecule has 1 aliphatic rings. The van der Waals surface area contributed by atoms with Gasteiger partial charge in [-0.1, -0.05) is 6.92 Å². The molecule has 1 atom stereocenters. The van der Waals surface area contributed by atoms with Crippen LogP contribution < -0.4 is 0 Å². The Bertz CT molecular complexity index is 756. The van der Waals surface area contributed by atoms with Crippen molar-refractivity contribution in [2.75, 3.05) is 27.2 Å². The fraction of sp³-hybridized carbons (Fsp3) is 0.500. The Balaban J connectivity index is 2.04. The molecule has 1 saturated heterocycles. The van der Waals surface area contributed by atoms with E-state index in [9.17, 15) is 9.59 Å². The minimum atomic E-state index is -0.0231. The second kappa shape index (κ2) is 6.23. The highest BCUT2D eigenvalue weighted by Gasteiger charge is 2.33. The standard InChI is InChI=1S/C16H20N4O2S/c1-4-11(21)20-8-5-10(9-20)12-13-15(18-7-6-17-13)23-14(12)16(22)19(2)3/h6-7,10H,4-5,8-9H2,1-3H3. The number of nitrogens with zero attached hydrogens (tertiary/aromatic N) is 4. The lowest BCUT2D eigenvalue weighted by Crippen LogP contribution is -2.28. The zero-order chi connectivity index (χ0) is 16.6. The first kappa shape index (κ1) is 15.9. The topological polar surface area (TPSA) is 66.4 Å². The summed E-state index contributed by atoms with van der Waals surface area (Å²) in [5.74, 6) is 0.290. The van der Waals surface area contributed by atoms with Crippen LogP contribution in [-0.2, 0) is 4.79 Å². The summed E-state index contributed by atoms with van der Waals surface area (Å²) in [5, 5.41) is 0. The van der Waals surface area contributed by atoms with Crippen LogP contribution in [-0.4, -0.2) is 58.8 Å². The van der Waals surface area contributed by atoms with Crippen LogP contribution >= 0.6 is 11.3 Å². The maximum Gasteiger partial charge on any atom is 0.263 e. The van der Waals surface area contributed by atoms with E-state index < -0.39 is 0 Å². The number of hydrogen-bond acceptors (Lipinski definition) is 5. The number of aromatic nitrogens is 2. The van der Waals surface area contributed by atoms with E-state index in [0.29, 0.717) is 17.8 Å². The molecule has 122 valence electrons. The number of rotatable bonds is 3. The molecule has 0 aliphatic carbocycles. The van der Waals surface area contributed by atoms with Gasteiger partial charge in [-0.3, -0.25) is 14.6 Å². The fourth-order valence-electron chi connectivity index (χ4n) is 3.03. The number of amides is 2. The van der Waals surface area contributed by atoms with Crippen LogP contribution in [0, 0.1) is 0 Å². The molecular formula is C16H20N4O2S. The molecule has 0 spiro atoms. The molecule has 0 N–H and O–H groups in total. The first-order chi connectivity index (χ1) is 11.0. The highest BCUT2D eigenvalue weighted by atomic mass is 32.1. The third-order valence-corrected chi connectivity index (χ3v) is 5.31. The van der Waals surface area contributed by atoms with Gasteiger partial charge in [-0.05, 0) is 6.42 Å². The molecule has 0 saturated carbocycles. The van der Waals surface area contributed by atoms with E-state index >= 15 is 0 Å². The third-order valence-electron chi connectivity index (χ3n) is 4.22. The Morgan fingerprint density at radius 1 is 1.35 bits per heavy atom. The Morgan fingerprint density at radius 3 is 2.78 bits per heavy atom. The average molecular weight is 332 g/mol. The van der Waals surface area contributed by atoms with E-state index in [0.717, 1.165) is 28.9 Å². The van der Waals surface area contributed by atoms with Crippen molar-refractivity contribution in [1.82, 2.24) is 19.8 Å². The molecule has 3 rings (SSSR count). The van der Waals surface area contributed by atoms with Crippen LogP contribution in [0.4, 0.5) is 0 Å². The molecule has 2 aromatic heterocycles. The first-order valence-corrected chi connectivity index (χ1v) is 8.57. The first-order valence-electron chi connectivity index (χ1n) is 7.75. The van der Waals surface area contributed by atoms with Crippen molar-refractivity contribution in [2.24, 2.45) is 0 Å². The summed E-state index contributed by atoms with van der Waals surface area (Å²) in [6.07, 6.45) is 4.68. The zero-order valence-corrected chi connectivity index (χ0v) is 14.4. The molecular weight excluding hydrogens is 312 g/mol. The van der Waals surface area contributed by atoms with Gasteiger partial charge in [0.25, 0.3) is 5.91 Å². The van der Waals surface area contributed by atoms with Crippen LogP contribution in [0.3, 0.4) is 0 Å². The SMILES string of the molecule is CCC(=O)N1CCC(c2c(C(=O)N(C)C)sc3nccnc23)C1. The van der Waals surface area contributed by atoms with Gasteiger partial charge in [0.05, 0.1) is 4.88 Å². The van der Waals surface area contributed by atoms with E-state index in [1.807, 2.05) is 11.8 Å².